The number of hydrogen-bond acceptors (Lipinski definition) is 4. The Morgan fingerprint density at radius 2 is 2.00 bits per heavy atom. The highest BCUT2D eigenvalue weighted by molar-refractivity contribution is 7.08. The SMILES string of the molecule is C=CC(C)(c1ccsc1)c1cc(C(C(C)=N)=C(C)C)ccc1NN. The molecule has 1 unspecified atom stereocenters. The van der Waals surface area contributed by atoms with E-state index in [1.807, 2.05) is 39.0 Å². The Bertz CT molecular complexity index is 783. The van der Waals surface area contributed by atoms with Crippen LogP contribution in [0.1, 0.15) is 44.4 Å². The van der Waals surface area contributed by atoms with Gasteiger partial charge in [-0.05, 0) is 73.3 Å². The maximum absolute atomic E-state index is 8.11. The third-order valence-corrected chi connectivity index (χ3v) is 5.11. The van der Waals surface area contributed by atoms with Crippen molar-refractivity contribution in [3.05, 3.63) is 69.9 Å². The molecule has 0 bridgehead atoms. The minimum atomic E-state index is -0.361. The molecule has 0 radical (unpaired) electrons. The number of hydrazine groups is 1. The van der Waals surface area contributed by atoms with E-state index in [4.69, 9.17) is 11.3 Å². The molecule has 0 spiro atoms. The average molecular weight is 340 g/mol. The number of nitrogens with two attached hydrogens (primary N) is 1. The van der Waals surface area contributed by atoms with Crippen molar-refractivity contribution < 1.29 is 0 Å². The molecule has 1 atom stereocenters. The van der Waals surface area contributed by atoms with Gasteiger partial charge in [0, 0.05) is 16.7 Å². The van der Waals surface area contributed by atoms with Crippen LogP contribution in [0.3, 0.4) is 0 Å². The molecular formula is C20H25N3S. The van der Waals surface area contributed by atoms with Crippen LogP contribution in [0.25, 0.3) is 5.57 Å². The molecule has 0 amide bonds. The Morgan fingerprint density at radius 1 is 1.29 bits per heavy atom. The Labute approximate surface area is 148 Å². The molecular weight excluding hydrogens is 314 g/mol. The van der Waals surface area contributed by atoms with Crippen molar-refractivity contribution >= 4 is 28.3 Å². The zero-order valence-corrected chi connectivity index (χ0v) is 15.6. The lowest BCUT2D eigenvalue weighted by molar-refractivity contribution is 0.730. The van der Waals surface area contributed by atoms with Gasteiger partial charge >= 0.3 is 0 Å². The number of nitrogen functional groups attached to an aromatic ring is 1. The third kappa shape index (κ3) is 3.21. The molecule has 0 saturated heterocycles. The summed E-state index contributed by atoms with van der Waals surface area (Å²) < 4.78 is 0. The fourth-order valence-corrected chi connectivity index (χ4v) is 3.85. The van der Waals surface area contributed by atoms with Crippen LogP contribution in [-0.4, -0.2) is 5.71 Å². The smallest absolute Gasteiger partial charge is 0.0529 e. The molecule has 0 aliphatic carbocycles. The lowest BCUT2D eigenvalue weighted by Crippen LogP contribution is -2.23. The number of nitrogens with one attached hydrogen (secondary N) is 2. The van der Waals surface area contributed by atoms with Crippen LogP contribution in [0.4, 0.5) is 5.69 Å². The number of anilines is 1. The lowest BCUT2D eigenvalue weighted by atomic mass is 9.75. The predicted octanol–water partition coefficient (Wildman–Crippen LogP) is 5.36. The number of thiophene rings is 1. The topological polar surface area (TPSA) is 61.9 Å². The van der Waals surface area contributed by atoms with Crippen LogP contribution < -0.4 is 11.3 Å². The zero-order valence-electron chi connectivity index (χ0n) is 14.7. The van der Waals surface area contributed by atoms with E-state index in [1.165, 1.54) is 5.56 Å². The summed E-state index contributed by atoms with van der Waals surface area (Å²) in [5.74, 6) is 5.77. The highest BCUT2D eigenvalue weighted by Crippen LogP contribution is 2.39. The highest BCUT2D eigenvalue weighted by atomic mass is 32.1. The summed E-state index contributed by atoms with van der Waals surface area (Å²) >= 11 is 1.67. The monoisotopic (exact) mass is 339 g/mol. The summed E-state index contributed by atoms with van der Waals surface area (Å²) in [6.07, 6.45) is 1.95. The van der Waals surface area contributed by atoms with Crippen molar-refractivity contribution in [1.82, 2.24) is 0 Å². The standard InChI is InChI=1S/C20H25N3S/c1-6-20(5,16-9-10-24-12-16)17-11-15(7-8-18(17)23-22)19(13(2)3)14(4)21/h6-12,21,23H,1,22H2,2-5H3. The van der Waals surface area contributed by atoms with E-state index in [9.17, 15) is 0 Å². The molecule has 2 rings (SSSR count). The van der Waals surface area contributed by atoms with Crippen LogP contribution >= 0.6 is 11.3 Å². The van der Waals surface area contributed by atoms with E-state index in [1.54, 1.807) is 11.3 Å². The largest absolute Gasteiger partial charge is 0.324 e. The van der Waals surface area contributed by atoms with Crippen LogP contribution in [0.2, 0.25) is 0 Å². The van der Waals surface area contributed by atoms with Gasteiger partial charge in [0.25, 0.3) is 0 Å². The average Bonchev–Trinajstić information content (AvgIpc) is 3.08. The molecule has 126 valence electrons. The first-order chi connectivity index (χ1) is 11.3. The first kappa shape index (κ1) is 18.2. The van der Waals surface area contributed by atoms with Crippen molar-refractivity contribution in [2.45, 2.75) is 33.1 Å². The second-order valence-corrected chi connectivity index (χ2v) is 7.10. The summed E-state index contributed by atoms with van der Waals surface area (Å²) in [5.41, 5.74) is 9.22. The molecule has 24 heavy (non-hydrogen) atoms. The van der Waals surface area contributed by atoms with Gasteiger partial charge in [0.05, 0.1) is 5.69 Å². The number of allylic oxidation sites excluding steroid dienone is 3. The Kier molecular flexibility index (Phi) is 5.42. The van der Waals surface area contributed by atoms with E-state index in [0.717, 1.165) is 28.0 Å². The zero-order chi connectivity index (χ0) is 17.9. The fourth-order valence-electron chi connectivity index (χ4n) is 3.08. The first-order valence-electron chi connectivity index (χ1n) is 7.86. The predicted molar refractivity (Wildman–Crippen MR) is 107 cm³/mol. The van der Waals surface area contributed by atoms with Gasteiger partial charge in [-0.2, -0.15) is 11.3 Å². The molecule has 1 aromatic heterocycles. The van der Waals surface area contributed by atoms with Crippen molar-refractivity contribution in [1.29, 1.82) is 5.41 Å². The Balaban J connectivity index is 2.73. The van der Waals surface area contributed by atoms with Gasteiger partial charge in [-0.3, -0.25) is 5.84 Å². The van der Waals surface area contributed by atoms with Crippen LogP contribution in [-0.2, 0) is 5.41 Å². The van der Waals surface area contributed by atoms with Crippen molar-refractivity contribution in [2.24, 2.45) is 5.84 Å². The third-order valence-electron chi connectivity index (χ3n) is 4.43. The fraction of sp³-hybridized carbons (Fsp3) is 0.250. The number of benzene rings is 1. The van der Waals surface area contributed by atoms with Gasteiger partial charge in [-0.15, -0.1) is 6.58 Å². The summed E-state index contributed by atoms with van der Waals surface area (Å²) in [6, 6.07) is 8.22. The minimum Gasteiger partial charge on any atom is -0.324 e. The molecule has 1 heterocycles. The van der Waals surface area contributed by atoms with E-state index in [0.29, 0.717) is 5.71 Å². The number of hydrogen-bond donors (Lipinski definition) is 3. The van der Waals surface area contributed by atoms with Crippen molar-refractivity contribution in [2.75, 3.05) is 5.43 Å². The maximum atomic E-state index is 8.11. The maximum Gasteiger partial charge on any atom is 0.0529 e. The molecule has 0 aliphatic heterocycles. The number of rotatable bonds is 6. The van der Waals surface area contributed by atoms with E-state index < -0.39 is 0 Å². The summed E-state index contributed by atoms with van der Waals surface area (Å²) in [4.78, 5) is 0. The molecule has 4 heteroatoms. The quantitative estimate of drug-likeness (QED) is 0.287. The molecule has 0 saturated carbocycles. The molecule has 4 N–H and O–H groups in total. The summed E-state index contributed by atoms with van der Waals surface area (Å²) in [7, 11) is 0. The molecule has 0 aliphatic rings. The van der Waals surface area contributed by atoms with Crippen LogP contribution in [0, 0.1) is 5.41 Å². The van der Waals surface area contributed by atoms with Gasteiger partial charge in [-0.25, -0.2) is 0 Å². The van der Waals surface area contributed by atoms with E-state index >= 15 is 0 Å². The molecule has 3 nitrogen and oxygen atoms in total. The van der Waals surface area contributed by atoms with Gasteiger partial charge in [0.1, 0.15) is 0 Å². The van der Waals surface area contributed by atoms with Gasteiger partial charge < -0.3 is 10.8 Å². The van der Waals surface area contributed by atoms with Crippen molar-refractivity contribution in [3.8, 4) is 0 Å². The lowest BCUT2D eigenvalue weighted by Gasteiger charge is -2.29. The van der Waals surface area contributed by atoms with E-state index in [-0.39, 0.29) is 5.41 Å². The molecule has 2 aromatic rings. The second-order valence-electron chi connectivity index (χ2n) is 6.32. The molecule has 0 fully saturated rings. The minimum absolute atomic E-state index is 0.361. The van der Waals surface area contributed by atoms with Crippen LogP contribution in [0.5, 0.6) is 0 Å². The second kappa shape index (κ2) is 7.16. The molecule has 1 aromatic carbocycles. The van der Waals surface area contributed by atoms with Gasteiger partial charge in [0.15, 0.2) is 0 Å². The first-order valence-corrected chi connectivity index (χ1v) is 8.80. The Hall–Kier alpha value is -2.17. The normalized spacial score (nSPS) is 13.0. The van der Waals surface area contributed by atoms with Crippen LogP contribution in [0.15, 0.2) is 53.3 Å². The summed E-state index contributed by atoms with van der Waals surface area (Å²) in [5, 5.41) is 12.3. The highest BCUT2D eigenvalue weighted by Gasteiger charge is 2.29. The van der Waals surface area contributed by atoms with Crippen molar-refractivity contribution in [3.63, 3.8) is 0 Å². The van der Waals surface area contributed by atoms with E-state index in [2.05, 4.69) is 41.8 Å². The summed E-state index contributed by atoms with van der Waals surface area (Å²) in [6.45, 7) is 12.1. The van der Waals surface area contributed by atoms with Gasteiger partial charge in [0.2, 0.25) is 0 Å². The Morgan fingerprint density at radius 3 is 2.46 bits per heavy atom. The van der Waals surface area contributed by atoms with Gasteiger partial charge in [-0.1, -0.05) is 17.7 Å².